The third-order valence-electron chi connectivity index (χ3n) is 1.96. The zero-order valence-electron chi connectivity index (χ0n) is 9.73. The minimum Gasteiger partial charge on any atom is -0.476 e. The van der Waals surface area contributed by atoms with Crippen LogP contribution in [-0.4, -0.2) is 46.3 Å². The third kappa shape index (κ3) is 3.89. The Morgan fingerprint density at radius 1 is 1.50 bits per heavy atom. The number of hydrogen-bond acceptors (Lipinski definition) is 5. The van der Waals surface area contributed by atoms with Crippen LogP contribution in [-0.2, 0) is 9.53 Å². The van der Waals surface area contributed by atoms with Gasteiger partial charge in [-0.25, -0.2) is 4.79 Å². The number of esters is 1. The molecule has 0 aromatic carbocycles. The van der Waals surface area contributed by atoms with Crippen LogP contribution in [0.2, 0.25) is 0 Å². The summed E-state index contributed by atoms with van der Waals surface area (Å²) in [5.41, 5.74) is -0.221. The van der Waals surface area contributed by atoms with Crippen LogP contribution < -0.4 is 5.32 Å². The molecule has 98 valence electrons. The highest BCUT2D eigenvalue weighted by Crippen LogP contribution is 1.99. The summed E-state index contributed by atoms with van der Waals surface area (Å²) in [4.78, 5) is 33.0. The van der Waals surface area contributed by atoms with Gasteiger partial charge in [0.2, 0.25) is 0 Å². The van der Waals surface area contributed by atoms with Crippen LogP contribution in [0, 0.1) is 0 Å². The molecule has 0 saturated carbocycles. The number of aromatic nitrogens is 2. The second kappa shape index (κ2) is 6.38. The first-order valence-corrected chi connectivity index (χ1v) is 5.27. The standard InChI is InChI=1S/C10H13N3O5/c1-2-18-8(14)3-4-11-9(15)6-5-7(10(16)17)13-12-6/h5H,2-4H2,1H3,(H,11,15)(H,12,13)(H,16,17). The molecule has 8 heteroatoms. The van der Waals surface area contributed by atoms with E-state index in [4.69, 9.17) is 5.11 Å². The molecule has 1 heterocycles. The molecular weight excluding hydrogens is 242 g/mol. The number of rotatable bonds is 6. The number of amides is 1. The van der Waals surface area contributed by atoms with Gasteiger partial charge in [0.15, 0.2) is 5.69 Å². The molecule has 0 aliphatic rings. The SMILES string of the molecule is CCOC(=O)CCNC(=O)c1cc(C(=O)O)n[nH]1. The van der Waals surface area contributed by atoms with E-state index in [0.29, 0.717) is 0 Å². The van der Waals surface area contributed by atoms with Gasteiger partial charge in [0.25, 0.3) is 5.91 Å². The van der Waals surface area contributed by atoms with Crippen molar-refractivity contribution in [2.45, 2.75) is 13.3 Å². The Morgan fingerprint density at radius 2 is 2.22 bits per heavy atom. The second-order valence-corrected chi connectivity index (χ2v) is 3.28. The first-order chi connectivity index (χ1) is 8.54. The van der Waals surface area contributed by atoms with Gasteiger partial charge < -0.3 is 15.2 Å². The predicted molar refractivity (Wildman–Crippen MR) is 59.1 cm³/mol. The summed E-state index contributed by atoms with van der Waals surface area (Å²) in [6.45, 7) is 2.09. The van der Waals surface area contributed by atoms with Crippen molar-refractivity contribution in [3.8, 4) is 0 Å². The molecule has 8 nitrogen and oxygen atoms in total. The topological polar surface area (TPSA) is 121 Å². The van der Waals surface area contributed by atoms with E-state index in [1.807, 2.05) is 0 Å². The molecule has 0 atom stereocenters. The van der Waals surface area contributed by atoms with Gasteiger partial charge in [-0.1, -0.05) is 0 Å². The molecule has 0 saturated heterocycles. The summed E-state index contributed by atoms with van der Waals surface area (Å²) in [6, 6.07) is 1.11. The van der Waals surface area contributed by atoms with Crippen LogP contribution in [0.5, 0.6) is 0 Å². The Morgan fingerprint density at radius 3 is 2.78 bits per heavy atom. The highest BCUT2D eigenvalue weighted by Gasteiger charge is 2.13. The van der Waals surface area contributed by atoms with E-state index in [1.54, 1.807) is 6.92 Å². The lowest BCUT2D eigenvalue weighted by atomic mass is 10.3. The largest absolute Gasteiger partial charge is 0.476 e. The maximum absolute atomic E-state index is 11.5. The molecule has 3 N–H and O–H groups in total. The number of ether oxygens (including phenoxy) is 1. The number of hydrogen-bond donors (Lipinski definition) is 3. The first kappa shape index (κ1) is 13.7. The van der Waals surface area contributed by atoms with E-state index in [1.165, 1.54) is 0 Å². The second-order valence-electron chi connectivity index (χ2n) is 3.28. The van der Waals surface area contributed by atoms with E-state index < -0.39 is 17.8 Å². The predicted octanol–water partition coefficient (Wildman–Crippen LogP) is -0.209. The molecule has 18 heavy (non-hydrogen) atoms. The molecule has 0 fully saturated rings. The Hall–Kier alpha value is -2.38. The molecule has 0 radical (unpaired) electrons. The maximum Gasteiger partial charge on any atom is 0.356 e. The van der Waals surface area contributed by atoms with Crippen molar-refractivity contribution < 1.29 is 24.2 Å². The van der Waals surface area contributed by atoms with Crippen molar-refractivity contribution in [1.29, 1.82) is 0 Å². The molecule has 1 amide bonds. The number of aromatic carboxylic acids is 1. The van der Waals surface area contributed by atoms with Crippen molar-refractivity contribution in [3.05, 3.63) is 17.5 Å². The monoisotopic (exact) mass is 255 g/mol. The summed E-state index contributed by atoms with van der Waals surface area (Å²) in [5.74, 6) is -2.16. The lowest BCUT2D eigenvalue weighted by Gasteiger charge is -2.03. The van der Waals surface area contributed by atoms with E-state index in [9.17, 15) is 14.4 Å². The number of nitrogens with zero attached hydrogens (tertiary/aromatic N) is 1. The van der Waals surface area contributed by atoms with Crippen LogP contribution in [0.25, 0.3) is 0 Å². The fourth-order valence-electron chi connectivity index (χ4n) is 1.15. The van der Waals surface area contributed by atoms with Crippen LogP contribution >= 0.6 is 0 Å². The molecule has 0 unspecified atom stereocenters. The van der Waals surface area contributed by atoms with Gasteiger partial charge in [-0.05, 0) is 6.92 Å². The normalized spacial score (nSPS) is 9.83. The average molecular weight is 255 g/mol. The molecule has 0 spiro atoms. The average Bonchev–Trinajstić information content (AvgIpc) is 2.78. The highest BCUT2D eigenvalue weighted by molar-refractivity contribution is 5.95. The van der Waals surface area contributed by atoms with E-state index in [2.05, 4.69) is 20.3 Å². The van der Waals surface area contributed by atoms with Crippen LogP contribution in [0.4, 0.5) is 0 Å². The van der Waals surface area contributed by atoms with Gasteiger partial charge in [0, 0.05) is 12.6 Å². The number of carboxylic acid groups (broad SMARTS) is 1. The number of carbonyl (C=O) groups is 3. The van der Waals surface area contributed by atoms with Gasteiger partial charge in [0.05, 0.1) is 13.0 Å². The van der Waals surface area contributed by atoms with Gasteiger partial charge in [-0.3, -0.25) is 14.7 Å². The van der Waals surface area contributed by atoms with Crippen LogP contribution in [0.3, 0.4) is 0 Å². The molecule has 0 aliphatic carbocycles. The van der Waals surface area contributed by atoms with Crippen LogP contribution in [0.1, 0.15) is 34.3 Å². The minimum atomic E-state index is -1.23. The lowest BCUT2D eigenvalue weighted by molar-refractivity contribution is -0.142. The van der Waals surface area contributed by atoms with Crippen molar-refractivity contribution in [1.82, 2.24) is 15.5 Å². The van der Waals surface area contributed by atoms with E-state index >= 15 is 0 Å². The van der Waals surface area contributed by atoms with Crippen molar-refractivity contribution in [2.75, 3.05) is 13.2 Å². The number of H-pyrrole nitrogens is 1. The summed E-state index contributed by atoms with van der Waals surface area (Å²) in [6.07, 6.45) is 0.0551. The fraction of sp³-hybridized carbons (Fsp3) is 0.400. The highest BCUT2D eigenvalue weighted by atomic mass is 16.5. The summed E-state index contributed by atoms with van der Waals surface area (Å²) < 4.78 is 4.68. The minimum absolute atomic E-state index is 0.0243. The maximum atomic E-state index is 11.5. The molecular formula is C10H13N3O5. The number of carboxylic acids is 1. The molecule has 1 aromatic heterocycles. The number of aromatic amines is 1. The third-order valence-corrected chi connectivity index (χ3v) is 1.96. The summed E-state index contributed by atoms with van der Waals surface area (Å²) >= 11 is 0. The Kier molecular flexibility index (Phi) is 4.85. The summed E-state index contributed by atoms with van der Waals surface area (Å²) in [5, 5.41) is 16.8. The van der Waals surface area contributed by atoms with Gasteiger partial charge in [-0.2, -0.15) is 5.10 Å². The lowest BCUT2D eigenvalue weighted by Crippen LogP contribution is -2.26. The van der Waals surface area contributed by atoms with Crippen molar-refractivity contribution in [2.24, 2.45) is 0 Å². The molecule has 0 aliphatic heterocycles. The van der Waals surface area contributed by atoms with Crippen LogP contribution in [0.15, 0.2) is 6.07 Å². The smallest absolute Gasteiger partial charge is 0.356 e. The number of carbonyl (C=O) groups excluding carboxylic acids is 2. The van der Waals surface area contributed by atoms with Crippen molar-refractivity contribution >= 4 is 17.8 Å². The summed E-state index contributed by atoms with van der Waals surface area (Å²) in [7, 11) is 0. The quantitative estimate of drug-likeness (QED) is 0.605. The Labute approximate surface area is 102 Å². The van der Waals surface area contributed by atoms with Gasteiger partial charge in [0.1, 0.15) is 5.69 Å². The van der Waals surface area contributed by atoms with E-state index in [0.717, 1.165) is 6.07 Å². The van der Waals surface area contributed by atoms with Crippen molar-refractivity contribution in [3.63, 3.8) is 0 Å². The molecule has 0 bridgehead atoms. The van der Waals surface area contributed by atoms with Gasteiger partial charge in [-0.15, -0.1) is 0 Å². The fourth-order valence-corrected chi connectivity index (χ4v) is 1.15. The van der Waals surface area contributed by atoms with Gasteiger partial charge >= 0.3 is 11.9 Å². The molecule has 1 aromatic rings. The zero-order valence-corrected chi connectivity index (χ0v) is 9.73. The zero-order chi connectivity index (χ0) is 13.5. The Balaban J connectivity index is 2.40. The number of nitrogens with one attached hydrogen (secondary N) is 2. The van der Waals surface area contributed by atoms with E-state index in [-0.39, 0.29) is 31.0 Å². The first-order valence-electron chi connectivity index (χ1n) is 5.27. The Bertz CT molecular complexity index is 454. The molecule has 1 rings (SSSR count).